The van der Waals surface area contributed by atoms with Crippen LogP contribution >= 0.6 is 0 Å². The Balaban J connectivity index is 2.12. The zero-order chi connectivity index (χ0) is 4.69. The zero-order valence-electron chi connectivity index (χ0n) is 4.28. The summed E-state index contributed by atoms with van der Waals surface area (Å²) in [4.78, 5) is 0. The van der Waals surface area contributed by atoms with E-state index in [0.29, 0.717) is 0 Å². The third-order valence-corrected chi connectivity index (χ3v) is 1.87. The Morgan fingerprint density at radius 3 is 1.71 bits per heavy atom. The molecule has 2 bridgehead atoms. The second-order valence-electron chi connectivity index (χ2n) is 2.45. The standard InChI is InChI=1S/C5H10N2/c1-4-2-6-5(1)3-7-4/h4-7H,1-3H2/t4-,5-/m0/s1. The molecule has 0 aromatic rings. The highest BCUT2D eigenvalue weighted by molar-refractivity contribution is 4.94. The molecule has 7 heavy (non-hydrogen) atoms. The van der Waals surface area contributed by atoms with E-state index in [2.05, 4.69) is 10.6 Å². The molecule has 0 spiro atoms. The van der Waals surface area contributed by atoms with Crippen molar-refractivity contribution in [2.45, 2.75) is 18.5 Å². The fraction of sp³-hybridized carbons (Fsp3) is 1.00. The van der Waals surface area contributed by atoms with Gasteiger partial charge in [0.2, 0.25) is 0 Å². The van der Waals surface area contributed by atoms with E-state index >= 15 is 0 Å². The smallest absolute Gasteiger partial charge is 0.0208 e. The fourth-order valence-electron chi connectivity index (χ4n) is 1.44. The summed E-state index contributed by atoms with van der Waals surface area (Å²) in [6, 6.07) is 1.62. The Morgan fingerprint density at radius 2 is 1.57 bits per heavy atom. The molecule has 40 valence electrons. The van der Waals surface area contributed by atoms with E-state index < -0.39 is 0 Å². The largest absolute Gasteiger partial charge is 0.311 e. The van der Waals surface area contributed by atoms with Gasteiger partial charge in [0, 0.05) is 25.2 Å². The summed E-state index contributed by atoms with van der Waals surface area (Å²) in [5.74, 6) is 0. The molecule has 2 aliphatic rings. The first-order chi connectivity index (χ1) is 3.45. The Kier molecular flexibility index (Phi) is 0.664. The predicted octanol–water partition coefficient (Wildman–Crippen LogP) is -0.680. The van der Waals surface area contributed by atoms with Crippen LogP contribution in [0.25, 0.3) is 0 Å². The van der Waals surface area contributed by atoms with Gasteiger partial charge >= 0.3 is 0 Å². The van der Waals surface area contributed by atoms with Crippen molar-refractivity contribution in [2.24, 2.45) is 0 Å². The minimum Gasteiger partial charge on any atom is -0.311 e. The third kappa shape index (κ3) is 0.469. The van der Waals surface area contributed by atoms with Gasteiger partial charge < -0.3 is 10.6 Å². The minimum atomic E-state index is 0.810. The first-order valence-corrected chi connectivity index (χ1v) is 2.92. The van der Waals surface area contributed by atoms with Crippen molar-refractivity contribution >= 4 is 0 Å². The lowest BCUT2D eigenvalue weighted by Crippen LogP contribution is -2.39. The van der Waals surface area contributed by atoms with E-state index in [0.717, 1.165) is 12.1 Å². The Morgan fingerprint density at radius 1 is 1.00 bits per heavy atom. The van der Waals surface area contributed by atoms with Crippen molar-refractivity contribution in [3.63, 3.8) is 0 Å². The van der Waals surface area contributed by atoms with Crippen molar-refractivity contribution in [1.29, 1.82) is 0 Å². The van der Waals surface area contributed by atoms with Crippen LogP contribution in [0.3, 0.4) is 0 Å². The zero-order valence-corrected chi connectivity index (χ0v) is 4.28. The lowest BCUT2D eigenvalue weighted by Gasteiger charge is -2.10. The first-order valence-electron chi connectivity index (χ1n) is 2.92. The second-order valence-corrected chi connectivity index (χ2v) is 2.45. The molecule has 2 atom stereocenters. The molecule has 0 radical (unpaired) electrons. The third-order valence-electron chi connectivity index (χ3n) is 1.87. The molecule has 2 nitrogen and oxygen atoms in total. The van der Waals surface area contributed by atoms with Gasteiger partial charge in [-0.15, -0.1) is 0 Å². The summed E-state index contributed by atoms with van der Waals surface area (Å²) in [5.41, 5.74) is 0. The van der Waals surface area contributed by atoms with E-state index in [1.165, 1.54) is 19.5 Å². The highest BCUT2D eigenvalue weighted by atomic mass is 15.1. The topological polar surface area (TPSA) is 24.1 Å². The quantitative estimate of drug-likeness (QED) is 0.419. The highest BCUT2D eigenvalue weighted by Gasteiger charge is 2.29. The average Bonchev–Trinajstić information content (AvgIpc) is 2.22. The first kappa shape index (κ1) is 3.87. The van der Waals surface area contributed by atoms with Gasteiger partial charge in [0.15, 0.2) is 0 Å². The van der Waals surface area contributed by atoms with Crippen LogP contribution in [0.1, 0.15) is 6.42 Å². The molecule has 2 fully saturated rings. The summed E-state index contributed by atoms with van der Waals surface area (Å²) >= 11 is 0. The van der Waals surface area contributed by atoms with Gasteiger partial charge in [-0.1, -0.05) is 0 Å². The summed E-state index contributed by atoms with van der Waals surface area (Å²) in [7, 11) is 0. The molecule has 0 aromatic carbocycles. The van der Waals surface area contributed by atoms with Crippen LogP contribution in [0, 0.1) is 0 Å². The van der Waals surface area contributed by atoms with Crippen LogP contribution in [-0.2, 0) is 0 Å². The van der Waals surface area contributed by atoms with Crippen molar-refractivity contribution in [2.75, 3.05) is 13.1 Å². The van der Waals surface area contributed by atoms with Crippen LogP contribution in [0.5, 0.6) is 0 Å². The van der Waals surface area contributed by atoms with Crippen LogP contribution in [0.2, 0.25) is 0 Å². The molecule has 2 rings (SSSR count). The van der Waals surface area contributed by atoms with E-state index in [-0.39, 0.29) is 0 Å². The molecule has 2 heteroatoms. The average molecular weight is 98.1 g/mol. The number of piperazine rings is 1. The van der Waals surface area contributed by atoms with E-state index in [9.17, 15) is 0 Å². The number of hydrogen-bond acceptors (Lipinski definition) is 2. The van der Waals surface area contributed by atoms with Crippen LogP contribution < -0.4 is 10.6 Å². The Hall–Kier alpha value is -0.0800. The maximum Gasteiger partial charge on any atom is 0.0208 e. The summed E-state index contributed by atoms with van der Waals surface area (Å²) in [5, 5.41) is 6.79. The normalized spacial score (nSPS) is 48.0. The van der Waals surface area contributed by atoms with Gasteiger partial charge in [0.25, 0.3) is 0 Å². The van der Waals surface area contributed by atoms with Crippen LogP contribution in [0.4, 0.5) is 0 Å². The van der Waals surface area contributed by atoms with Crippen molar-refractivity contribution in [3.05, 3.63) is 0 Å². The highest BCUT2D eigenvalue weighted by Crippen LogP contribution is 2.11. The summed E-state index contributed by atoms with van der Waals surface area (Å²) < 4.78 is 0. The number of fused-ring (bicyclic) bond motifs is 2. The van der Waals surface area contributed by atoms with E-state index in [4.69, 9.17) is 0 Å². The molecule has 2 aliphatic heterocycles. The molecular formula is C5H10N2. The number of hydrogen-bond donors (Lipinski definition) is 2. The van der Waals surface area contributed by atoms with Gasteiger partial charge in [-0.05, 0) is 6.42 Å². The predicted molar refractivity (Wildman–Crippen MR) is 28.2 cm³/mol. The second kappa shape index (κ2) is 1.20. The number of rotatable bonds is 0. The Bertz CT molecular complexity index is 64.1. The fourth-order valence-corrected chi connectivity index (χ4v) is 1.44. The maximum atomic E-state index is 3.39. The lowest BCUT2D eigenvalue weighted by molar-refractivity contribution is 0.528. The van der Waals surface area contributed by atoms with E-state index in [1.807, 2.05) is 0 Å². The molecule has 2 saturated heterocycles. The monoisotopic (exact) mass is 98.1 g/mol. The van der Waals surface area contributed by atoms with Crippen molar-refractivity contribution in [1.82, 2.24) is 10.6 Å². The molecule has 0 saturated carbocycles. The van der Waals surface area contributed by atoms with E-state index in [1.54, 1.807) is 0 Å². The van der Waals surface area contributed by atoms with Gasteiger partial charge in [0.05, 0.1) is 0 Å². The molecule has 0 aliphatic carbocycles. The molecule has 2 N–H and O–H groups in total. The molecule has 2 heterocycles. The molecular weight excluding hydrogens is 88.1 g/mol. The maximum absolute atomic E-state index is 3.39. The Labute approximate surface area is 43.3 Å². The van der Waals surface area contributed by atoms with Crippen molar-refractivity contribution < 1.29 is 0 Å². The summed E-state index contributed by atoms with van der Waals surface area (Å²) in [6.45, 7) is 2.40. The van der Waals surface area contributed by atoms with Gasteiger partial charge in [-0.2, -0.15) is 0 Å². The SMILES string of the molecule is C1N[C@@H]2CN[C@H]1C2. The molecule has 0 amide bonds. The van der Waals surface area contributed by atoms with Gasteiger partial charge in [0.1, 0.15) is 0 Å². The van der Waals surface area contributed by atoms with Crippen LogP contribution in [-0.4, -0.2) is 25.2 Å². The number of nitrogens with one attached hydrogen (secondary N) is 2. The lowest BCUT2D eigenvalue weighted by atomic mass is 10.3. The van der Waals surface area contributed by atoms with Gasteiger partial charge in [-0.3, -0.25) is 0 Å². The van der Waals surface area contributed by atoms with Crippen molar-refractivity contribution in [3.8, 4) is 0 Å². The minimum absolute atomic E-state index is 0.810. The molecule has 0 aromatic heterocycles. The van der Waals surface area contributed by atoms with Crippen LogP contribution in [0.15, 0.2) is 0 Å². The molecule has 0 unspecified atom stereocenters. The summed E-state index contributed by atoms with van der Waals surface area (Å²) in [6.07, 6.45) is 1.36. The van der Waals surface area contributed by atoms with Gasteiger partial charge in [-0.25, -0.2) is 0 Å².